The van der Waals surface area contributed by atoms with Crippen molar-refractivity contribution in [2.75, 3.05) is 0 Å². The van der Waals surface area contributed by atoms with Crippen molar-refractivity contribution in [1.82, 2.24) is 14.9 Å². The molecule has 3 rings (SSSR count). The summed E-state index contributed by atoms with van der Waals surface area (Å²) >= 11 is 0. The first-order chi connectivity index (χ1) is 11.4. The zero-order valence-corrected chi connectivity index (χ0v) is 13.8. The number of nitrogens with one attached hydrogen (secondary N) is 1. The fourth-order valence-electron chi connectivity index (χ4n) is 3.29. The van der Waals surface area contributed by atoms with Gasteiger partial charge in [-0.1, -0.05) is 6.07 Å². The molecular formula is C17H20N4O3. The standard InChI is InChI=1S/C17H20N4O3/c1-10-19-13-8-11(9-18)5-6-12(13)15(23)21(10)17(2)7-3-4-14(22)20-16(17)24/h5-6,8H,3-4,7,9,18H2,1-2H3,(H,20,22,24). The van der Waals surface area contributed by atoms with Crippen molar-refractivity contribution in [1.29, 1.82) is 0 Å². The number of aromatic nitrogens is 2. The van der Waals surface area contributed by atoms with Crippen LogP contribution in [0.1, 0.15) is 37.6 Å². The van der Waals surface area contributed by atoms with Gasteiger partial charge < -0.3 is 5.73 Å². The average Bonchev–Trinajstić information content (AvgIpc) is 2.65. The molecule has 3 N–H and O–H groups in total. The van der Waals surface area contributed by atoms with Crippen LogP contribution in [0.5, 0.6) is 0 Å². The van der Waals surface area contributed by atoms with E-state index in [2.05, 4.69) is 10.3 Å². The van der Waals surface area contributed by atoms with Gasteiger partial charge in [-0.15, -0.1) is 0 Å². The molecule has 7 nitrogen and oxygen atoms in total. The van der Waals surface area contributed by atoms with Crippen LogP contribution in [-0.4, -0.2) is 21.4 Å². The normalized spacial score (nSPS) is 21.6. The Bertz CT molecular complexity index is 903. The molecule has 1 aliphatic rings. The monoisotopic (exact) mass is 328 g/mol. The second kappa shape index (κ2) is 5.83. The lowest BCUT2D eigenvalue weighted by Crippen LogP contribution is -2.51. The van der Waals surface area contributed by atoms with Crippen molar-refractivity contribution in [2.24, 2.45) is 5.73 Å². The lowest BCUT2D eigenvalue weighted by molar-refractivity contribution is -0.134. The Morgan fingerprint density at radius 2 is 2.08 bits per heavy atom. The molecule has 0 spiro atoms. The molecule has 126 valence electrons. The van der Waals surface area contributed by atoms with Crippen molar-refractivity contribution in [3.05, 3.63) is 39.9 Å². The molecule has 1 atom stereocenters. The molecule has 1 aliphatic heterocycles. The van der Waals surface area contributed by atoms with Gasteiger partial charge in [0.15, 0.2) is 0 Å². The highest BCUT2D eigenvalue weighted by atomic mass is 16.2. The summed E-state index contributed by atoms with van der Waals surface area (Å²) in [5, 5.41) is 2.80. The van der Waals surface area contributed by atoms with E-state index in [1.54, 1.807) is 32.0 Å². The van der Waals surface area contributed by atoms with E-state index in [4.69, 9.17) is 5.73 Å². The predicted octanol–water partition coefficient (Wildman–Crippen LogP) is 0.706. The lowest BCUT2D eigenvalue weighted by Gasteiger charge is -2.30. The van der Waals surface area contributed by atoms with Gasteiger partial charge in [0.25, 0.3) is 11.5 Å². The number of fused-ring (bicyclic) bond motifs is 1. The maximum atomic E-state index is 13.0. The first-order valence-electron chi connectivity index (χ1n) is 7.94. The zero-order chi connectivity index (χ0) is 17.5. The van der Waals surface area contributed by atoms with Crippen LogP contribution in [0.15, 0.2) is 23.0 Å². The maximum absolute atomic E-state index is 13.0. The number of aryl methyl sites for hydroxylation is 1. The van der Waals surface area contributed by atoms with Gasteiger partial charge in [-0.3, -0.25) is 24.3 Å². The fourth-order valence-corrected chi connectivity index (χ4v) is 3.29. The third kappa shape index (κ3) is 2.50. The number of rotatable bonds is 2. The van der Waals surface area contributed by atoms with E-state index < -0.39 is 11.4 Å². The fraction of sp³-hybridized carbons (Fsp3) is 0.412. The molecule has 0 bridgehead atoms. The average molecular weight is 328 g/mol. The minimum atomic E-state index is -1.14. The van der Waals surface area contributed by atoms with E-state index >= 15 is 0 Å². The SMILES string of the molecule is Cc1nc2cc(CN)ccc2c(=O)n1C1(C)CCCC(=O)NC1=O. The van der Waals surface area contributed by atoms with Crippen LogP contribution in [0.25, 0.3) is 10.9 Å². The molecule has 24 heavy (non-hydrogen) atoms. The Morgan fingerprint density at radius 1 is 1.33 bits per heavy atom. The van der Waals surface area contributed by atoms with E-state index in [0.717, 1.165) is 5.56 Å². The van der Waals surface area contributed by atoms with E-state index in [1.807, 2.05) is 0 Å². The molecule has 1 fully saturated rings. The van der Waals surface area contributed by atoms with Gasteiger partial charge in [0.2, 0.25) is 5.91 Å². The molecule has 2 heterocycles. The summed E-state index contributed by atoms with van der Waals surface area (Å²) in [6.45, 7) is 3.74. The van der Waals surface area contributed by atoms with Crippen LogP contribution in [0.2, 0.25) is 0 Å². The molecule has 1 unspecified atom stereocenters. The highest BCUT2D eigenvalue weighted by Crippen LogP contribution is 2.26. The number of hydrogen-bond acceptors (Lipinski definition) is 5. The molecule has 0 radical (unpaired) electrons. The number of carbonyl (C=O) groups excluding carboxylic acids is 2. The smallest absolute Gasteiger partial charge is 0.262 e. The number of imide groups is 1. The van der Waals surface area contributed by atoms with Gasteiger partial charge in [-0.2, -0.15) is 0 Å². The van der Waals surface area contributed by atoms with Crippen LogP contribution < -0.4 is 16.6 Å². The number of hydrogen-bond donors (Lipinski definition) is 2. The van der Waals surface area contributed by atoms with Crippen molar-refractivity contribution < 1.29 is 9.59 Å². The van der Waals surface area contributed by atoms with Crippen LogP contribution in [0, 0.1) is 6.92 Å². The molecular weight excluding hydrogens is 308 g/mol. The van der Waals surface area contributed by atoms with E-state index in [1.165, 1.54) is 4.57 Å². The predicted molar refractivity (Wildman–Crippen MR) is 89.3 cm³/mol. The van der Waals surface area contributed by atoms with Crippen LogP contribution in [0.3, 0.4) is 0 Å². The van der Waals surface area contributed by atoms with Crippen LogP contribution in [-0.2, 0) is 21.7 Å². The van der Waals surface area contributed by atoms with Gasteiger partial charge in [0.1, 0.15) is 11.4 Å². The summed E-state index contributed by atoms with van der Waals surface area (Å²) in [5.41, 5.74) is 5.66. The summed E-state index contributed by atoms with van der Waals surface area (Å²) in [6.07, 6.45) is 1.21. The van der Waals surface area contributed by atoms with Crippen molar-refractivity contribution in [3.63, 3.8) is 0 Å². The second-order valence-corrected chi connectivity index (χ2v) is 6.36. The third-order valence-electron chi connectivity index (χ3n) is 4.64. The Kier molecular flexibility index (Phi) is 3.96. The van der Waals surface area contributed by atoms with Gasteiger partial charge in [0.05, 0.1) is 10.9 Å². The zero-order valence-electron chi connectivity index (χ0n) is 13.8. The highest BCUT2D eigenvalue weighted by Gasteiger charge is 2.40. The van der Waals surface area contributed by atoms with Crippen molar-refractivity contribution in [3.8, 4) is 0 Å². The molecule has 1 aromatic heterocycles. The maximum Gasteiger partial charge on any atom is 0.262 e. The summed E-state index contributed by atoms with van der Waals surface area (Å²) in [5.74, 6) is -0.334. The molecule has 2 amide bonds. The number of benzene rings is 1. The minimum absolute atomic E-state index is 0.274. The highest BCUT2D eigenvalue weighted by molar-refractivity contribution is 5.99. The van der Waals surface area contributed by atoms with Crippen molar-refractivity contribution in [2.45, 2.75) is 45.2 Å². The van der Waals surface area contributed by atoms with Gasteiger partial charge in [0, 0.05) is 13.0 Å². The van der Waals surface area contributed by atoms with Gasteiger partial charge in [-0.05, 0) is 44.4 Å². The largest absolute Gasteiger partial charge is 0.326 e. The molecule has 0 aliphatic carbocycles. The summed E-state index contributed by atoms with van der Waals surface area (Å²) in [7, 11) is 0. The van der Waals surface area contributed by atoms with Crippen molar-refractivity contribution >= 4 is 22.7 Å². The lowest BCUT2D eigenvalue weighted by atomic mass is 9.94. The minimum Gasteiger partial charge on any atom is -0.326 e. The second-order valence-electron chi connectivity index (χ2n) is 6.36. The van der Waals surface area contributed by atoms with E-state index in [0.29, 0.717) is 36.1 Å². The summed E-state index contributed by atoms with van der Waals surface area (Å²) in [6, 6.07) is 5.25. The Morgan fingerprint density at radius 3 is 2.79 bits per heavy atom. The number of carbonyl (C=O) groups is 2. The number of nitrogens with zero attached hydrogens (tertiary/aromatic N) is 2. The first-order valence-corrected chi connectivity index (χ1v) is 7.94. The molecule has 7 heteroatoms. The Hall–Kier alpha value is -2.54. The number of nitrogens with two attached hydrogens (primary N) is 1. The first kappa shape index (κ1) is 16.3. The number of amides is 2. The van der Waals surface area contributed by atoms with Crippen LogP contribution in [0.4, 0.5) is 0 Å². The Balaban J connectivity index is 2.24. The Labute approximate surface area is 138 Å². The van der Waals surface area contributed by atoms with Gasteiger partial charge >= 0.3 is 0 Å². The summed E-state index contributed by atoms with van der Waals surface area (Å²) < 4.78 is 1.41. The van der Waals surface area contributed by atoms with Gasteiger partial charge in [-0.25, -0.2) is 4.98 Å². The molecule has 0 saturated carbocycles. The molecule has 2 aromatic rings. The molecule has 1 saturated heterocycles. The van der Waals surface area contributed by atoms with E-state index in [-0.39, 0.29) is 17.9 Å². The summed E-state index contributed by atoms with van der Waals surface area (Å²) in [4.78, 5) is 41.7. The van der Waals surface area contributed by atoms with E-state index in [9.17, 15) is 14.4 Å². The molecule has 1 aromatic carbocycles. The quantitative estimate of drug-likeness (QED) is 0.789. The van der Waals surface area contributed by atoms with Crippen LogP contribution >= 0.6 is 0 Å². The topological polar surface area (TPSA) is 107 Å². The third-order valence-corrected chi connectivity index (χ3v) is 4.64.